The van der Waals surface area contributed by atoms with E-state index in [0.29, 0.717) is 24.1 Å². The second-order valence-corrected chi connectivity index (χ2v) is 5.34. The number of nitrogen functional groups attached to an aromatic ring is 1. The fourth-order valence-electron chi connectivity index (χ4n) is 2.73. The second-order valence-electron chi connectivity index (χ2n) is 5.34. The maximum atomic E-state index is 10.5. The molecule has 1 fully saturated rings. The molecule has 0 atom stereocenters. The van der Waals surface area contributed by atoms with Gasteiger partial charge in [-0.3, -0.25) is 0 Å². The first kappa shape index (κ1) is 13.9. The molecule has 1 saturated carbocycles. The Morgan fingerprint density at radius 1 is 1.32 bits per heavy atom. The molecule has 0 heterocycles. The normalized spacial score (nSPS) is 23.0. The van der Waals surface area contributed by atoms with Gasteiger partial charge in [0.15, 0.2) is 0 Å². The summed E-state index contributed by atoms with van der Waals surface area (Å²) < 4.78 is 0. The van der Waals surface area contributed by atoms with Gasteiger partial charge in [-0.05, 0) is 49.3 Å². The van der Waals surface area contributed by atoms with Crippen molar-refractivity contribution in [1.82, 2.24) is 0 Å². The van der Waals surface area contributed by atoms with E-state index in [2.05, 4.69) is 5.32 Å². The van der Waals surface area contributed by atoms with E-state index in [4.69, 9.17) is 10.8 Å². The van der Waals surface area contributed by atoms with Gasteiger partial charge in [-0.25, -0.2) is 0 Å². The number of nitrogens with one attached hydrogen (secondary N) is 1. The topological polar surface area (TPSA) is 75.3 Å². The number of hydrogen-bond donors (Lipinski definition) is 3. The summed E-state index contributed by atoms with van der Waals surface area (Å²) in [5.74, 6) is 0.552. The summed E-state index contributed by atoms with van der Waals surface area (Å²) >= 11 is 0. The number of rotatable bonds is 5. The maximum absolute atomic E-state index is 10.5. The van der Waals surface area contributed by atoms with E-state index in [9.17, 15) is 4.79 Å². The molecule has 1 aliphatic carbocycles. The standard InChI is InChI=1S/C15H22N2O2/c16-14-6-3-12(10-19)9-15(14)17-13-4-1-11(2-5-13)7-8-18/h3,6,8-9,11,13,17,19H,1-2,4-5,7,10,16H2/t11-,13+. The van der Waals surface area contributed by atoms with Crippen molar-refractivity contribution in [3.8, 4) is 0 Å². The molecule has 2 rings (SSSR count). The van der Waals surface area contributed by atoms with E-state index in [-0.39, 0.29) is 6.61 Å². The smallest absolute Gasteiger partial charge is 0.120 e. The van der Waals surface area contributed by atoms with Crippen molar-refractivity contribution in [1.29, 1.82) is 0 Å². The lowest BCUT2D eigenvalue weighted by molar-refractivity contribution is -0.108. The summed E-state index contributed by atoms with van der Waals surface area (Å²) in [7, 11) is 0. The Hall–Kier alpha value is -1.55. The van der Waals surface area contributed by atoms with E-state index < -0.39 is 0 Å². The lowest BCUT2D eigenvalue weighted by atomic mass is 9.84. The van der Waals surface area contributed by atoms with Crippen LogP contribution in [0, 0.1) is 5.92 Å². The minimum Gasteiger partial charge on any atom is -0.397 e. The predicted molar refractivity (Wildman–Crippen MR) is 76.8 cm³/mol. The van der Waals surface area contributed by atoms with Crippen LogP contribution in [0.4, 0.5) is 11.4 Å². The highest BCUT2D eigenvalue weighted by atomic mass is 16.3. The summed E-state index contributed by atoms with van der Waals surface area (Å²) in [6, 6.07) is 5.99. The molecule has 4 N–H and O–H groups in total. The number of anilines is 2. The molecule has 0 unspecified atom stereocenters. The number of aliphatic hydroxyl groups excluding tert-OH is 1. The first-order chi connectivity index (χ1) is 9.22. The van der Waals surface area contributed by atoms with Crippen LogP contribution in [0.1, 0.15) is 37.7 Å². The predicted octanol–water partition coefficient (Wildman–Crippen LogP) is 2.32. The van der Waals surface area contributed by atoms with Crippen molar-refractivity contribution in [3.05, 3.63) is 23.8 Å². The molecule has 0 bridgehead atoms. The van der Waals surface area contributed by atoms with Crippen molar-refractivity contribution in [2.75, 3.05) is 11.1 Å². The van der Waals surface area contributed by atoms with Gasteiger partial charge >= 0.3 is 0 Å². The van der Waals surface area contributed by atoms with Gasteiger partial charge in [-0.1, -0.05) is 6.07 Å². The van der Waals surface area contributed by atoms with Crippen LogP contribution in [0.3, 0.4) is 0 Å². The first-order valence-corrected chi connectivity index (χ1v) is 6.92. The third-order valence-electron chi connectivity index (χ3n) is 3.94. The lowest BCUT2D eigenvalue weighted by Crippen LogP contribution is -2.26. The molecule has 0 saturated heterocycles. The highest BCUT2D eigenvalue weighted by molar-refractivity contribution is 5.67. The molecule has 0 spiro atoms. The number of benzene rings is 1. The number of aldehydes is 1. The lowest BCUT2D eigenvalue weighted by Gasteiger charge is -2.29. The molecular formula is C15H22N2O2. The zero-order chi connectivity index (χ0) is 13.7. The Balaban J connectivity index is 1.93. The van der Waals surface area contributed by atoms with Gasteiger partial charge < -0.3 is 21.0 Å². The molecule has 0 aliphatic heterocycles. The van der Waals surface area contributed by atoms with Crippen LogP contribution in [0.25, 0.3) is 0 Å². The first-order valence-electron chi connectivity index (χ1n) is 6.92. The Morgan fingerprint density at radius 3 is 2.68 bits per heavy atom. The van der Waals surface area contributed by atoms with Gasteiger partial charge in [0.1, 0.15) is 6.29 Å². The van der Waals surface area contributed by atoms with Crippen LogP contribution in [0.15, 0.2) is 18.2 Å². The number of nitrogens with two attached hydrogens (primary N) is 1. The van der Waals surface area contributed by atoms with Gasteiger partial charge in [0, 0.05) is 12.5 Å². The molecule has 0 radical (unpaired) electrons. The van der Waals surface area contributed by atoms with Crippen molar-refractivity contribution in [2.45, 2.75) is 44.8 Å². The largest absolute Gasteiger partial charge is 0.397 e. The van der Waals surface area contributed by atoms with Gasteiger partial charge in [-0.2, -0.15) is 0 Å². The zero-order valence-electron chi connectivity index (χ0n) is 11.1. The highest BCUT2D eigenvalue weighted by Gasteiger charge is 2.21. The van der Waals surface area contributed by atoms with E-state index >= 15 is 0 Å². The van der Waals surface area contributed by atoms with E-state index in [1.54, 1.807) is 0 Å². The van der Waals surface area contributed by atoms with E-state index in [1.165, 1.54) is 0 Å². The Labute approximate surface area is 114 Å². The molecule has 0 amide bonds. The summed E-state index contributed by atoms with van der Waals surface area (Å²) in [6.07, 6.45) is 6.05. The summed E-state index contributed by atoms with van der Waals surface area (Å²) in [5.41, 5.74) is 8.44. The van der Waals surface area contributed by atoms with Crippen LogP contribution >= 0.6 is 0 Å². The van der Waals surface area contributed by atoms with Crippen molar-refractivity contribution in [2.24, 2.45) is 5.92 Å². The number of carbonyl (C=O) groups is 1. The quantitative estimate of drug-likeness (QED) is 0.562. The summed E-state index contributed by atoms with van der Waals surface area (Å²) in [6.45, 7) is 0.0288. The molecule has 104 valence electrons. The molecule has 4 heteroatoms. The van der Waals surface area contributed by atoms with Gasteiger partial charge in [0.25, 0.3) is 0 Å². The molecule has 4 nitrogen and oxygen atoms in total. The van der Waals surface area contributed by atoms with Crippen LogP contribution in [0.2, 0.25) is 0 Å². The molecule has 1 aliphatic rings. The molecule has 1 aromatic rings. The van der Waals surface area contributed by atoms with Gasteiger partial charge in [-0.15, -0.1) is 0 Å². The second kappa shape index (κ2) is 6.57. The zero-order valence-corrected chi connectivity index (χ0v) is 11.1. The van der Waals surface area contributed by atoms with Crippen molar-refractivity contribution in [3.63, 3.8) is 0 Å². The van der Waals surface area contributed by atoms with E-state index in [1.807, 2.05) is 18.2 Å². The van der Waals surface area contributed by atoms with Gasteiger partial charge in [0.2, 0.25) is 0 Å². The maximum Gasteiger partial charge on any atom is 0.120 e. The Morgan fingerprint density at radius 2 is 2.05 bits per heavy atom. The minimum absolute atomic E-state index is 0.0288. The van der Waals surface area contributed by atoms with E-state index in [0.717, 1.165) is 43.2 Å². The van der Waals surface area contributed by atoms with Gasteiger partial charge in [0.05, 0.1) is 18.0 Å². The summed E-state index contributed by atoms with van der Waals surface area (Å²) in [4.78, 5) is 10.5. The molecular weight excluding hydrogens is 240 g/mol. The van der Waals surface area contributed by atoms with Crippen LogP contribution < -0.4 is 11.1 Å². The van der Waals surface area contributed by atoms with Crippen LogP contribution in [0.5, 0.6) is 0 Å². The summed E-state index contributed by atoms with van der Waals surface area (Å²) in [5, 5.41) is 12.6. The third-order valence-corrected chi connectivity index (χ3v) is 3.94. The minimum atomic E-state index is 0.0288. The fraction of sp³-hybridized carbons (Fsp3) is 0.533. The van der Waals surface area contributed by atoms with Crippen LogP contribution in [-0.4, -0.2) is 17.4 Å². The average Bonchev–Trinajstić information content (AvgIpc) is 2.44. The average molecular weight is 262 g/mol. The number of carbonyl (C=O) groups excluding carboxylic acids is 1. The fourth-order valence-corrected chi connectivity index (χ4v) is 2.73. The SMILES string of the molecule is Nc1ccc(CO)cc1N[C@H]1CC[C@@H](CC=O)CC1. The Kier molecular flexibility index (Phi) is 4.80. The van der Waals surface area contributed by atoms with Crippen molar-refractivity contribution < 1.29 is 9.90 Å². The molecule has 0 aromatic heterocycles. The third kappa shape index (κ3) is 3.70. The van der Waals surface area contributed by atoms with Crippen molar-refractivity contribution >= 4 is 17.7 Å². The monoisotopic (exact) mass is 262 g/mol. The Bertz CT molecular complexity index is 426. The molecule has 19 heavy (non-hydrogen) atoms. The number of hydrogen-bond acceptors (Lipinski definition) is 4. The highest BCUT2D eigenvalue weighted by Crippen LogP contribution is 2.30. The molecule has 1 aromatic carbocycles. The number of aliphatic hydroxyl groups is 1. The van der Waals surface area contributed by atoms with Crippen LogP contribution in [-0.2, 0) is 11.4 Å².